The molecule has 2 N–H and O–H groups in total. The summed E-state index contributed by atoms with van der Waals surface area (Å²) in [4.78, 5) is 11.9. The number of carbonyl (C=O) groups excluding carboxylic acids is 1. The van der Waals surface area contributed by atoms with E-state index in [1.54, 1.807) is 0 Å². The van der Waals surface area contributed by atoms with Crippen molar-refractivity contribution in [3.8, 4) is 0 Å². The SMILES string of the molecule is O=C(NC1(CO)CCCC1)c1ccc(F)c(F)c1. The second kappa shape index (κ2) is 5.02. The van der Waals surface area contributed by atoms with Gasteiger partial charge in [0.15, 0.2) is 11.6 Å². The zero-order valence-corrected chi connectivity index (χ0v) is 9.88. The van der Waals surface area contributed by atoms with E-state index in [1.165, 1.54) is 6.07 Å². The first-order chi connectivity index (χ1) is 8.56. The van der Waals surface area contributed by atoms with Crippen LogP contribution in [0.2, 0.25) is 0 Å². The van der Waals surface area contributed by atoms with Gasteiger partial charge in [-0.15, -0.1) is 0 Å². The third-order valence-corrected chi connectivity index (χ3v) is 3.42. The lowest BCUT2D eigenvalue weighted by Gasteiger charge is -2.28. The molecule has 0 aromatic heterocycles. The Morgan fingerprint density at radius 1 is 1.28 bits per heavy atom. The van der Waals surface area contributed by atoms with Gasteiger partial charge in [-0.2, -0.15) is 0 Å². The molecule has 0 heterocycles. The minimum absolute atomic E-state index is 0.0635. The molecule has 0 atom stereocenters. The Morgan fingerprint density at radius 3 is 2.50 bits per heavy atom. The van der Waals surface area contributed by atoms with Gasteiger partial charge in [-0.1, -0.05) is 12.8 Å². The van der Waals surface area contributed by atoms with Crippen LogP contribution in [0.3, 0.4) is 0 Å². The van der Waals surface area contributed by atoms with Crippen LogP contribution in [0.4, 0.5) is 8.78 Å². The summed E-state index contributed by atoms with van der Waals surface area (Å²) in [5.41, 5.74) is -0.546. The fourth-order valence-electron chi connectivity index (χ4n) is 2.32. The van der Waals surface area contributed by atoms with Gasteiger partial charge < -0.3 is 10.4 Å². The zero-order valence-electron chi connectivity index (χ0n) is 9.88. The third-order valence-electron chi connectivity index (χ3n) is 3.42. The number of hydrogen-bond acceptors (Lipinski definition) is 2. The van der Waals surface area contributed by atoms with E-state index in [1.807, 2.05) is 0 Å². The molecule has 1 saturated carbocycles. The maximum Gasteiger partial charge on any atom is 0.251 e. The first kappa shape index (κ1) is 13.0. The standard InChI is InChI=1S/C13H15F2NO2/c14-10-4-3-9(7-11(10)15)12(18)16-13(8-17)5-1-2-6-13/h3-4,7,17H,1-2,5-6,8H2,(H,16,18). The van der Waals surface area contributed by atoms with Crippen molar-refractivity contribution in [3.05, 3.63) is 35.4 Å². The van der Waals surface area contributed by atoms with Gasteiger partial charge in [0.1, 0.15) is 0 Å². The summed E-state index contributed by atoms with van der Waals surface area (Å²) in [6, 6.07) is 3.02. The van der Waals surface area contributed by atoms with E-state index in [9.17, 15) is 18.7 Å². The Kier molecular flexibility index (Phi) is 3.61. The smallest absolute Gasteiger partial charge is 0.251 e. The van der Waals surface area contributed by atoms with Crippen molar-refractivity contribution in [1.82, 2.24) is 5.32 Å². The minimum Gasteiger partial charge on any atom is -0.394 e. The molecule has 1 amide bonds. The number of amides is 1. The summed E-state index contributed by atoms with van der Waals surface area (Å²) in [5.74, 6) is -2.51. The Labute approximate surface area is 104 Å². The van der Waals surface area contributed by atoms with Gasteiger partial charge in [-0.05, 0) is 31.0 Å². The highest BCUT2D eigenvalue weighted by molar-refractivity contribution is 5.94. The number of halogens is 2. The van der Waals surface area contributed by atoms with Crippen molar-refractivity contribution in [2.45, 2.75) is 31.2 Å². The van der Waals surface area contributed by atoms with Crippen molar-refractivity contribution in [1.29, 1.82) is 0 Å². The molecule has 0 bridgehead atoms. The van der Waals surface area contributed by atoms with E-state index in [0.717, 1.165) is 25.0 Å². The molecular formula is C13H15F2NO2. The molecule has 3 nitrogen and oxygen atoms in total. The predicted molar refractivity (Wildman–Crippen MR) is 62.1 cm³/mol. The lowest BCUT2D eigenvalue weighted by Crippen LogP contribution is -2.49. The molecule has 1 aromatic rings. The molecule has 0 spiro atoms. The third kappa shape index (κ3) is 2.51. The van der Waals surface area contributed by atoms with Gasteiger partial charge in [0.2, 0.25) is 0 Å². The Balaban J connectivity index is 2.13. The number of hydrogen-bond donors (Lipinski definition) is 2. The largest absolute Gasteiger partial charge is 0.394 e. The van der Waals surface area contributed by atoms with Crippen LogP contribution in [0, 0.1) is 11.6 Å². The second-order valence-electron chi connectivity index (χ2n) is 4.73. The first-order valence-electron chi connectivity index (χ1n) is 5.95. The van der Waals surface area contributed by atoms with Crippen LogP contribution < -0.4 is 5.32 Å². The van der Waals surface area contributed by atoms with Crippen LogP contribution in [0.25, 0.3) is 0 Å². The number of carbonyl (C=O) groups is 1. The van der Waals surface area contributed by atoms with Crippen LogP contribution in [0.15, 0.2) is 18.2 Å². The van der Waals surface area contributed by atoms with E-state index in [4.69, 9.17) is 0 Å². The predicted octanol–water partition coefficient (Wildman–Crippen LogP) is 2.00. The molecule has 1 aliphatic rings. The average Bonchev–Trinajstić information content (AvgIpc) is 2.82. The van der Waals surface area contributed by atoms with Crippen LogP contribution in [-0.4, -0.2) is 23.2 Å². The van der Waals surface area contributed by atoms with Crippen molar-refractivity contribution in [2.24, 2.45) is 0 Å². The molecule has 98 valence electrons. The molecular weight excluding hydrogens is 240 g/mol. The van der Waals surface area contributed by atoms with E-state index < -0.39 is 23.1 Å². The maximum absolute atomic E-state index is 13.0. The molecule has 5 heteroatoms. The first-order valence-corrected chi connectivity index (χ1v) is 5.95. The van der Waals surface area contributed by atoms with Crippen molar-refractivity contribution >= 4 is 5.91 Å². The molecule has 0 radical (unpaired) electrons. The highest BCUT2D eigenvalue weighted by Gasteiger charge is 2.34. The normalized spacial score (nSPS) is 17.7. The van der Waals surface area contributed by atoms with Crippen LogP contribution in [0.1, 0.15) is 36.0 Å². The molecule has 1 aromatic carbocycles. The second-order valence-corrected chi connectivity index (χ2v) is 4.73. The Hall–Kier alpha value is -1.49. The molecule has 18 heavy (non-hydrogen) atoms. The van der Waals surface area contributed by atoms with Gasteiger partial charge in [0.25, 0.3) is 5.91 Å². The summed E-state index contributed by atoms with van der Waals surface area (Å²) < 4.78 is 25.8. The van der Waals surface area contributed by atoms with Crippen LogP contribution >= 0.6 is 0 Å². The summed E-state index contributed by atoms with van der Waals surface area (Å²) >= 11 is 0. The van der Waals surface area contributed by atoms with Gasteiger partial charge in [0, 0.05) is 5.56 Å². The lowest BCUT2D eigenvalue weighted by atomic mass is 9.98. The molecule has 0 saturated heterocycles. The molecule has 1 aliphatic carbocycles. The summed E-state index contributed by atoms with van der Waals surface area (Å²) in [5, 5.41) is 12.1. The van der Waals surface area contributed by atoms with Crippen LogP contribution in [0.5, 0.6) is 0 Å². The van der Waals surface area contributed by atoms with Crippen molar-refractivity contribution in [2.75, 3.05) is 6.61 Å². The maximum atomic E-state index is 13.0. The monoisotopic (exact) mass is 255 g/mol. The van der Waals surface area contributed by atoms with Crippen LogP contribution in [-0.2, 0) is 0 Å². The summed E-state index contributed by atoms with van der Waals surface area (Å²) in [6.45, 7) is -0.136. The molecule has 2 rings (SSSR count). The number of nitrogens with one attached hydrogen (secondary N) is 1. The van der Waals surface area contributed by atoms with E-state index >= 15 is 0 Å². The fraction of sp³-hybridized carbons (Fsp3) is 0.462. The van der Waals surface area contributed by atoms with E-state index in [-0.39, 0.29) is 12.2 Å². The fourth-order valence-corrected chi connectivity index (χ4v) is 2.32. The van der Waals surface area contributed by atoms with Gasteiger partial charge in [0.05, 0.1) is 12.1 Å². The number of aliphatic hydroxyl groups is 1. The van der Waals surface area contributed by atoms with Gasteiger partial charge in [-0.25, -0.2) is 8.78 Å². The molecule has 0 unspecified atom stereocenters. The van der Waals surface area contributed by atoms with E-state index in [0.29, 0.717) is 12.8 Å². The Bertz CT molecular complexity index is 456. The van der Waals surface area contributed by atoms with Crippen molar-refractivity contribution in [3.63, 3.8) is 0 Å². The van der Waals surface area contributed by atoms with Crippen molar-refractivity contribution < 1.29 is 18.7 Å². The number of rotatable bonds is 3. The zero-order chi connectivity index (χ0) is 13.2. The topological polar surface area (TPSA) is 49.3 Å². The Morgan fingerprint density at radius 2 is 1.94 bits per heavy atom. The summed E-state index contributed by atoms with van der Waals surface area (Å²) in [6.07, 6.45) is 3.30. The van der Waals surface area contributed by atoms with Gasteiger partial charge >= 0.3 is 0 Å². The summed E-state index contributed by atoms with van der Waals surface area (Å²) in [7, 11) is 0. The quantitative estimate of drug-likeness (QED) is 0.868. The number of benzene rings is 1. The average molecular weight is 255 g/mol. The van der Waals surface area contributed by atoms with Gasteiger partial charge in [-0.3, -0.25) is 4.79 Å². The highest BCUT2D eigenvalue weighted by atomic mass is 19.2. The number of aliphatic hydroxyl groups excluding tert-OH is 1. The molecule has 1 fully saturated rings. The van der Waals surface area contributed by atoms with E-state index in [2.05, 4.69) is 5.32 Å². The lowest BCUT2D eigenvalue weighted by molar-refractivity contribution is 0.0838. The minimum atomic E-state index is -1.05. The highest BCUT2D eigenvalue weighted by Crippen LogP contribution is 2.29. The molecule has 0 aliphatic heterocycles.